The first-order chi connectivity index (χ1) is 13.3. The van der Waals surface area contributed by atoms with E-state index in [1.54, 1.807) is 29.2 Å². The normalized spacial score (nSPS) is 14.0. The Morgan fingerprint density at radius 2 is 1.64 bits per heavy atom. The summed E-state index contributed by atoms with van der Waals surface area (Å²) in [6.07, 6.45) is -2.41. The molecule has 148 valence electrons. The number of alkyl halides is 3. The van der Waals surface area contributed by atoms with E-state index in [4.69, 9.17) is 0 Å². The average molecular weight is 391 g/mol. The highest BCUT2D eigenvalue weighted by Crippen LogP contribution is 2.30. The minimum atomic E-state index is -4.44. The van der Waals surface area contributed by atoms with Gasteiger partial charge in [0, 0.05) is 30.0 Å². The van der Waals surface area contributed by atoms with Gasteiger partial charge in [-0.05, 0) is 55.3 Å². The van der Waals surface area contributed by atoms with Crippen LogP contribution in [0.2, 0.25) is 0 Å². The minimum Gasteiger partial charge on any atom is -0.376 e. The fourth-order valence-electron chi connectivity index (χ4n) is 2.99. The Morgan fingerprint density at radius 1 is 0.964 bits per heavy atom. The molecule has 8 heteroatoms. The maximum atomic E-state index is 12.7. The zero-order chi connectivity index (χ0) is 20.1. The SMILES string of the molecule is O=C(CNc1cccc(C(F)(F)F)c1)Nc1ccc(C(=O)N2CCCC2)cc1. The summed E-state index contributed by atoms with van der Waals surface area (Å²) in [4.78, 5) is 26.1. The highest BCUT2D eigenvalue weighted by molar-refractivity contribution is 5.96. The van der Waals surface area contributed by atoms with E-state index in [9.17, 15) is 22.8 Å². The molecule has 2 aromatic carbocycles. The maximum absolute atomic E-state index is 12.7. The third kappa shape index (κ3) is 5.03. The van der Waals surface area contributed by atoms with Crippen LogP contribution in [-0.2, 0) is 11.0 Å². The molecular weight excluding hydrogens is 371 g/mol. The first kappa shape index (κ1) is 19.7. The van der Waals surface area contributed by atoms with Gasteiger partial charge in [0.1, 0.15) is 0 Å². The second-order valence-electron chi connectivity index (χ2n) is 6.56. The van der Waals surface area contributed by atoms with Crippen LogP contribution in [0.25, 0.3) is 0 Å². The van der Waals surface area contributed by atoms with Gasteiger partial charge in [-0.2, -0.15) is 13.2 Å². The molecule has 0 radical (unpaired) electrons. The van der Waals surface area contributed by atoms with Crippen molar-refractivity contribution >= 4 is 23.2 Å². The number of amides is 2. The minimum absolute atomic E-state index is 0.0263. The van der Waals surface area contributed by atoms with E-state index in [2.05, 4.69) is 10.6 Å². The number of hydrogen-bond donors (Lipinski definition) is 2. The Morgan fingerprint density at radius 3 is 2.29 bits per heavy atom. The molecule has 28 heavy (non-hydrogen) atoms. The van der Waals surface area contributed by atoms with Gasteiger partial charge in [0.15, 0.2) is 0 Å². The van der Waals surface area contributed by atoms with E-state index < -0.39 is 17.6 Å². The fourth-order valence-corrected chi connectivity index (χ4v) is 2.99. The Labute approximate surface area is 160 Å². The van der Waals surface area contributed by atoms with Crippen molar-refractivity contribution in [1.82, 2.24) is 4.90 Å². The molecule has 0 spiro atoms. The Hall–Kier alpha value is -3.03. The molecule has 2 aromatic rings. The van der Waals surface area contributed by atoms with E-state index in [1.807, 2.05) is 0 Å². The average Bonchev–Trinajstić information content (AvgIpc) is 3.21. The van der Waals surface area contributed by atoms with Gasteiger partial charge < -0.3 is 15.5 Å². The van der Waals surface area contributed by atoms with Gasteiger partial charge in [-0.15, -0.1) is 0 Å². The molecular formula is C20H20F3N3O2. The number of halogens is 3. The second-order valence-corrected chi connectivity index (χ2v) is 6.56. The summed E-state index contributed by atoms with van der Waals surface area (Å²) < 4.78 is 38.1. The standard InChI is InChI=1S/C20H20F3N3O2/c21-20(22,23)15-4-3-5-17(12-15)24-13-18(27)25-16-8-6-14(7-9-16)19(28)26-10-1-2-11-26/h3-9,12,24H,1-2,10-11,13H2,(H,25,27). The molecule has 2 N–H and O–H groups in total. The zero-order valence-electron chi connectivity index (χ0n) is 15.1. The van der Waals surface area contributed by atoms with Crippen LogP contribution < -0.4 is 10.6 Å². The van der Waals surface area contributed by atoms with Crippen LogP contribution >= 0.6 is 0 Å². The van der Waals surface area contributed by atoms with Crippen LogP contribution in [0.5, 0.6) is 0 Å². The van der Waals surface area contributed by atoms with Gasteiger partial charge in [0.2, 0.25) is 5.91 Å². The molecule has 2 amide bonds. The number of carbonyl (C=O) groups is 2. The summed E-state index contributed by atoms with van der Waals surface area (Å²) in [5, 5.41) is 5.32. The number of hydrogen-bond acceptors (Lipinski definition) is 3. The van der Waals surface area contributed by atoms with Gasteiger partial charge in [-0.3, -0.25) is 9.59 Å². The zero-order valence-corrected chi connectivity index (χ0v) is 15.1. The lowest BCUT2D eigenvalue weighted by Crippen LogP contribution is -2.27. The van der Waals surface area contributed by atoms with Crippen molar-refractivity contribution in [3.63, 3.8) is 0 Å². The van der Waals surface area contributed by atoms with Crippen LogP contribution in [0.1, 0.15) is 28.8 Å². The number of rotatable bonds is 5. The number of likely N-dealkylation sites (tertiary alicyclic amines) is 1. The summed E-state index contributed by atoms with van der Waals surface area (Å²) in [6.45, 7) is 1.34. The number of carbonyl (C=O) groups excluding carboxylic acids is 2. The second kappa shape index (κ2) is 8.33. The van der Waals surface area contributed by atoms with Gasteiger partial charge in [0.25, 0.3) is 5.91 Å². The summed E-state index contributed by atoms with van der Waals surface area (Å²) in [5.74, 6) is -0.433. The van der Waals surface area contributed by atoms with Crippen molar-refractivity contribution in [2.45, 2.75) is 19.0 Å². The van der Waals surface area contributed by atoms with Gasteiger partial charge in [-0.1, -0.05) is 6.07 Å². The lowest BCUT2D eigenvalue weighted by atomic mass is 10.2. The fraction of sp³-hybridized carbons (Fsp3) is 0.300. The number of nitrogens with zero attached hydrogens (tertiary/aromatic N) is 1. The van der Waals surface area contributed by atoms with E-state index in [0.717, 1.165) is 38.1 Å². The van der Waals surface area contributed by atoms with Crippen molar-refractivity contribution in [2.75, 3.05) is 30.3 Å². The molecule has 0 atom stereocenters. The topological polar surface area (TPSA) is 61.4 Å². The molecule has 1 aliphatic heterocycles. The van der Waals surface area contributed by atoms with Crippen molar-refractivity contribution < 1.29 is 22.8 Å². The van der Waals surface area contributed by atoms with Gasteiger partial charge in [0.05, 0.1) is 12.1 Å². The third-order valence-electron chi connectivity index (χ3n) is 4.45. The summed E-state index contributed by atoms with van der Waals surface area (Å²) >= 11 is 0. The van der Waals surface area contributed by atoms with Crippen LogP contribution in [0.3, 0.4) is 0 Å². The van der Waals surface area contributed by atoms with Crippen molar-refractivity contribution in [3.8, 4) is 0 Å². The molecule has 0 unspecified atom stereocenters. The summed E-state index contributed by atoms with van der Waals surface area (Å²) in [6, 6.07) is 11.2. The molecule has 0 saturated carbocycles. The molecule has 0 bridgehead atoms. The van der Waals surface area contributed by atoms with Gasteiger partial charge in [-0.25, -0.2) is 0 Å². The molecule has 1 fully saturated rings. The molecule has 1 heterocycles. The monoisotopic (exact) mass is 391 g/mol. The van der Waals surface area contributed by atoms with Crippen LogP contribution in [-0.4, -0.2) is 36.3 Å². The molecule has 1 aliphatic rings. The lowest BCUT2D eigenvalue weighted by molar-refractivity contribution is -0.137. The van der Waals surface area contributed by atoms with E-state index in [0.29, 0.717) is 11.3 Å². The predicted octanol–water partition coefficient (Wildman–Crippen LogP) is 3.99. The van der Waals surface area contributed by atoms with Crippen LogP contribution in [0.15, 0.2) is 48.5 Å². The smallest absolute Gasteiger partial charge is 0.376 e. The highest BCUT2D eigenvalue weighted by atomic mass is 19.4. The molecule has 5 nitrogen and oxygen atoms in total. The Balaban J connectivity index is 1.53. The first-order valence-electron chi connectivity index (χ1n) is 8.93. The third-order valence-corrected chi connectivity index (χ3v) is 4.45. The van der Waals surface area contributed by atoms with E-state index >= 15 is 0 Å². The molecule has 0 aromatic heterocycles. The van der Waals surface area contributed by atoms with Gasteiger partial charge >= 0.3 is 6.18 Å². The van der Waals surface area contributed by atoms with Crippen molar-refractivity contribution in [2.24, 2.45) is 0 Å². The van der Waals surface area contributed by atoms with Crippen LogP contribution in [0, 0.1) is 0 Å². The number of anilines is 2. The van der Waals surface area contributed by atoms with E-state index in [-0.39, 0.29) is 18.1 Å². The first-order valence-corrected chi connectivity index (χ1v) is 8.93. The quantitative estimate of drug-likeness (QED) is 0.810. The van der Waals surface area contributed by atoms with Crippen LogP contribution in [0.4, 0.5) is 24.5 Å². The van der Waals surface area contributed by atoms with Crippen molar-refractivity contribution in [3.05, 3.63) is 59.7 Å². The summed E-state index contributed by atoms with van der Waals surface area (Å²) in [7, 11) is 0. The predicted molar refractivity (Wildman–Crippen MR) is 100 cm³/mol. The summed E-state index contributed by atoms with van der Waals surface area (Å²) in [5.41, 5.74) is 0.489. The Kier molecular flexibility index (Phi) is 5.87. The van der Waals surface area contributed by atoms with Crippen molar-refractivity contribution in [1.29, 1.82) is 0 Å². The largest absolute Gasteiger partial charge is 0.416 e. The molecule has 0 aliphatic carbocycles. The van der Waals surface area contributed by atoms with E-state index in [1.165, 1.54) is 12.1 Å². The molecule has 3 rings (SSSR count). The Bertz CT molecular complexity index is 845. The lowest BCUT2D eigenvalue weighted by Gasteiger charge is -2.15. The maximum Gasteiger partial charge on any atom is 0.416 e. The number of benzene rings is 2. The molecule has 1 saturated heterocycles. The number of nitrogens with one attached hydrogen (secondary N) is 2. The highest BCUT2D eigenvalue weighted by Gasteiger charge is 2.30.